The van der Waals surface area contributed by atoms with Crippen LogP contribution in [0.25, 0.3) is 0 Å². The van der Waals surface area contributed by atoms with Gasteiger partial charge in [-0.1, -0.05) is 18.2 Å². The maximum Gasteiger partial charge on any atom is 0.133 e. The number of nitrogen functional groups attached to an aromatic ring is 1. The maximum atomic E-state index is 13.9. The lowest BCUT2D eigenvalue weighted by atomic mass is 10.2. The zero-order chi connectivity index (χ0) is 14.8. The quantitative estimate of drug-likeness (QED) is 0.942. The van der Waals surface area contributed by atoms with Gasteiger partial charge in [-0.05, 0) is 25.0 Å². The number of benzene rings is 1. The molecule has 4 nitrogen and oxygen atoms in total. The average molecular weight is 284 g/mol. The summed E-state index contributed by atoms with van der Waals surface area (Å²) in [5.74, 6) is 0.577. The minimum atomic E-state index is -0.263. The lowest BCUT2D eigenvalue weighted by Gasteiger charge is -2.21. The number of hydrogen-bond donors (Lipinski definition) is 1. The van der Waals surface area contributed by atoms with E-state index in [4.69, 9.17) is 5.73 Å². The number of nitriles is 1. The highest BCUT2D eigenvalue weighted by atomic mass is 19.1. The van der Waals surface area contributed by atoms with Crippen LogP contribution >= 0.6 is 0 Å². The molecule has 1 aliphatic heterocycles. The molecule has 3 rings (SSSR count). The molecule has 5 heteroatoms. The van der Waals surface area contributed by atoms with Gasteiger partial charge in [-0.15, -0.1) is 0 Å². The fourth-order valence-electron chi connectivity index (χ4n) is 2.89. The molecular formula is C16H17FN4. The van der Waals surface area contributed by atoms with Crippen LogP contribution in [-0.2, 0) is 6.54 Å². The Balaban J connectivity index is 2.04. The third kappa shape index (κ3) is 2.45. The Morgan fingerprint density at radius 2 is 1.95 bits per heavy atom. The molecule has 1 fully saturated rings. The SMILES string of the molecule is N#Cc1cc(N)c(N2CCCC2)n1Cc1ccccc1F. The van der Waals surface area contributed by atoms with Crippen LogP contribution in [0.5, 0.6) is 0 Å². The number of nitrogens with zero attached hydrogens (tertiary/aromatic N) is 3. The van der Waals surface area contributed by atoms with E-state index >= 15 is 0 Å². The van der Waals surface area contributed by atoms with E-state index in [-0.39, 0.29) is 5.82 Å². The van der Waals surface area contributed by atoms with Crippen LogP contribution in [0.4, 0.5) is 15.9 Å². The van der Waals surface area contributed by atoms with Crippen molar-refractivity contribution < 1.29 is 4.39 Å². The van der Waals surface area contributed by atoms with E-state index in [0.717, 1.165) is 31.7 Å². The molecule has 1 aromatic carbocycles. The van der Waals surface area contributed by atoms with Crippen molar-refractivity contribution in [2.75, 3.05) is 23.7 Å². The summed E-state index contributed by atoms with van der Waals surface area (Å²) in [6, 6.07) is 10.5. The highest BCUT2D eigenvalue weighted by Gasteiger charge is 2.22. The number of anilines is 2. The van der Waals surface area contributed by atoms with Gasteiger partial charge in [0.2, 0.25) is 0 Å². The molecule has 0 atom stereocenters. The summed E-state index contributed by atoms with van der Waals surface area (Å²) >= 11 is 0. The molecule has 1 aliphatic rings. The van der Waals surface area contributed by atoms with Crippen molar-refractivity contribution in [1.82, 2.24) is 4.57 Å². The van der Waals surface area contributed by atoms with E-state index in [1.54, 1.807) is 24.3 Å². The number of hydrogen-bond acceptors (Lipinski definition) is 3. The summed E-state index contributed by atoms with van der Waals surface area (Å²) in [6.45, 7) is 2.17. The van der Waals surface area contributed by atoms with Crippen molar-refractivity contribution in [3.05, 3.63) is 47.4 Å². The molecule has 0 spiro atoms. The van der Waals surface area contributed by atoms with Gasteiger partial charge >= 0.3 is 0 Å². The minimum Gasteiger partial charge on any atom is -0.396 e. The molecule has 0 amide bonds. The van der Waals surface area contributed by atoms with Gasteiger partial charge in [-0.2, -0.15) is 5.26 Å². The van der Waals surface area contributed by atoms with E-state index in [9.17, 15) is 9.65 Å². The Bertz CT molecular complexity index is 693. The predicted molar refractivity (Wildman–Crippen MR) is 80.5 cm³/mol. The Morgan fingerprint density at radius 3 is 2.62 bits per heavy atom. The van der Waals surface area contributed by atoms with Crippen LogP contribution in [0.2, 0.25) is 0 Å². The smallest absolute Gasteiger partial charge is 0.133 e. The first-order chi connectivity index (χ1) is 10.2. The Kier molecular flexibility index (Phi) is 3.53. The van der Waals surface area contributed by atoms with Gasteiger partial charge < -0.3 is 15.2 Å². The van der Waals surface area contributed by atoms with Crippen molar-refractivity contribution in [3.63, 3.8) is 0 Å². The molecule has 0 bridgehead atoms. The first-order valence-electron chi connectivity index (χ1n) is 7.08. The standard InChI is InChI=1S/C16H17FN4/c17-14-6-2-1-5-12(14)11-21-13(10-18)9-15(19)16(21)20-7-3-4-8-20/h1-2,5-6,9H,3-4,7-8,11,19H2. The van der Waals surface area contributed by atoms with Crippen molar-refractivity contribution >= 4 is 11.5 Å². The summed E-state index contributed by atoms with van der Waals surface area (Å²) in [4.78, 5) is 2.18. The summed E-state index contributed by atoms with van der Waals surface area (Å²) in [6.07, 6.45) is 2.23. The Labute approximate surface area is 123 Å². The molecule has 0 saturated carbocycles. The second kappa shape index (κ2) is 5.49. The normalized spacial score (nSPS) is 14.4. The molecule has 2 aromatic rings. The fraction of sp³-hybridized carbons (Fsp3) is 0.312. The predicted octanol–water partition coefficient (Wildman–Crippen LogP) is 2.73. The van der Waals surface area contributed by atoms with Gasteiger partial charge in [0, 0.05) is 18.7 Å². The third-order valence-corrected chi connectivity index (χ3v) is 3.90. The maximum absolute atomic E-state index is 13.9. The van der Waals surface area contributed by atoms with Gasteiger partial charge in [0.1, 0.15) is 23.4 Å². The molecule has 0 aliphatic carbocycles. The summed E-state index contributed by atoms with van der Waals surface area (Å²) < 4.78 is 15.7. The Morgan fingerprint density at radius 1 is 1.24 bits per heavy atom. The van der Waals surface area contributed by atoms with E-state index in [0.29, 0.717) is 23.5 Å². The van der Waals surface area contributed by atoms with Gasteiger partial charge in [-0.25, -0.2) is 4.39 Å². The van der Waals surface area contributed by atoms with Crippen LogP contribution in [0.1, 0.15) is 24.1 Å². The number of aromatic nitrogens is 1. The lowest BCUT2D eigenvalue weighted by Crippen LogP contribution is -2.23. The van der Waals surface area contributed by atoms with Gasteiger partial charge in [0.25, 0.3) is 0 Å². The van der Waals surface area contributed by atoms with E-state index < -0.39 is 0 Å². The fourth-order valence-corrected chi connectivity index (χ4v) is 2.89. The number of halogens is 1. The van der Waals surface area contributed by atoms with Crippen molar-refractivity contribution in [2.45, 2.75) is 19.4 Å². The Hall–Kier alpha value is -2.48. The zero-order valence-electron chi connectivity index (χ0n) is 11.7. The summed E-state index contributed by atoms with van der Waals surface area (Å²) in [5, 5.41) is 9.31. The average Bonchev–Trinajstić information content (AvgIpc) is 3.09. The molecule has 2 heterocycles. The molecule has 0 radical (unpaired) electrons. The second-order valence-corrected chi connectivity index (χ2v) is 5.29. The first kappa shape index (κ1) is 13.5. The van der Waals surface area contributed by atoms with Crippen molar-refractivity contribution in [1.29, 1.82) is 5.26 Å². The number of rotatable bonds is 3. The molecule has 21 heavy (non-hydrogen) atoms. The largest absolute Gasteiger partial charge is 0.396 e. The van der Waals surface area contributed by atoms with Crippen LogP contribution in [0.3, 0.4) is 0 Å². The van der Waals surface area contributed by atoms with Crippen LogP contribution in [-0.4, -0.2) is 17.7 Å². The molecule has 2 N–H and O–H groups in total. The monoisotopic (exact) mass is 284 g/mol. The minimum absolute atomic E-state index is 0.263. The highest BCUT2D eigenvalue weighted by molar-refractivity contribution is 5.68. The van der Waals surface area contributed by atoms with Crippen molar-refractivity contribution in [3.8, 4) is 6.07 Å². The van der Waals surface area contributed by atoms with E-state index in [1.165, 1.54) is 6.07 Å². The first-order valence-corrected chi connectivity index (χ1v) is 7.08. The molecule has 0 unspecified atom stereocenters. The van der Waals surface area contributed by atoms with Gasteiger partial charge in [0.15, 0.2) is 0 Å². The van der Waals surface area contributed by atoms with Crippen LogP contribution in [0.15, 0.2) is 30.3 Å². The van der Waals surface area contributed by atoms with Crippen LogP contribution < -0.4 is 10.6 Å². The molecule has 108 valence electrons. The topological polar surface area (TPSA) is 58.0 Å². The lowest BCUT2D eigenvalue weighted by molar-refractivity contribution is 0.598. The number of nitrogens with two attached hydrogens (primary N) is 1. The zero-order valence-corrected chi connectivity index (χ0v) is 11.7. The van der Waals surface area contributed by atoms with Gasteiger partial charge in [0.05, 0.1) is 12.2 Å². The molecular weight excluding hydrogens is 267 g/mol. The van der Waals surface area contributed by atoms with E-state index in [2.05, 4.69) is 11.0 Å². The highest BCUT2D eigenvalue weighted by Crippen LogP contribution is 2.31. The molecule has 1 aromatic heterocycles. The second-order valence-electron chi connectivity index (χ2n) is 5.29. The van der Waals surface area contributed by atoms with Crippen molar-refractivity contribution in [2.24, 2.45) is 0 Å². The third-order valence-electron chi connectivity index (χ3n) is 3.90. The van der Waals surface area contributed by atoms with E-state index in [1.807, 2.05) is 4.57 Å². The molecule has 1 saturated heterocycles. The van der Waals surface area contributed by atoms with Gasteiger partial charge in [-0.3, -0.25) is 0 Å². The summed E-state index contributed by atoms with van der Waals surface area (Å²) in [5.41, 5.74) is 7.70. The van der Waals surface area contributed by atoms with Crippen LogP contribution in [0, 0.1) is 17.1 Å². The summed E-state index contributed by atoms with van der Waals surface area (Å²) in [7, 11) is 0.